The van der Waals surface area contributed by atoms with Crippen molar-refractivity contribution in [2.75, 3.05) is 27.2 Å². The average molecular weight is 293 g/mol. The molecule has 0 atom stereocenters. The van der Waals surface area contributed by atoms with E-state index in [2.05, 4.69) is 10.6 Å². The van der Waals surface area contributed by atoms with E-state index < -0.39 is 6.03 Å². The summed E-state index contributed by atoms with van der Waals surface area (Å²) in [5, 5.41) is 4.79. The van der Waals surface area contributed by atoms with Gasteiger partial charge >= 0.3 is 6.03 Å². The van der Waals surface area contributed by atoms with Crippen molar-refractivity contribution in [2.24, 2.45) is 0 Å². The van der Waals surface area contributed by atoms with Gasteiger partial charge in [-0.3, -0.25) is 15.0 Å². The van der Waals surface area contributed by atoms with Crippen LogP contribution >= 0.6 is 0 Å². The molecule has 116 valence electrons. The summed E-state index contributed by atoms with van der Waals surface area (Å²) in [7, 11) is 3.47. The Balaban J connectivity index is 2.49. The molecule has 0 radical (unpaired) electrons. The number of imide groups is 1. The first-order valence-corrected chi connectivity index (χ1v) is 6.86. The molecule has 0 spiro atoms. The fourth-order valence-electron chi connectivity index (χ4n) is 2.02. The third-order valence-corrected chi connectivity index (χ3v) is 2.92. The number of urea groups is 1. The summed E-state index contributed by atoms with van der Waals surface area (Å²) in [5.41, 5.74) is 2.14. The summed E-state index contributed by atoms with van der Waals surface area (Å²) in [6.45, 7) is 5.03. The summed E-state index contributed by atoms with van der Waals surface area (Å²) in [6.07, 6.45) is 0. The smallest absolute Gasteiger partial charge is 0.321 e. The number of nitrogens with zero attached hydrogens (tertiary/aromatic N) is 1. The lowest BCUT2D eigenvalue weighted by atomic mass is 10.1. The standard InChI is InChI=1S/C15H23N3O3/c1-5-16-15(20)17-14(19)10-18(3)9-12-6-7-13(21-4)11(2)8-12/h6-8H,5,9-10H2,1-4H3,(H2,16,17,19,20). The van der Waals surface area contributed by atoms with E-state index in [-0.39, 0.29) is 12.5 Å². The highest BCUT2D eigenvalue weighted by Crippen LogP contribution is 2.19. The van der Waals surface area contributed by atoms with E-state index in [1.54, 1.807) is 14.0 Å². The van der Waals surface area contributed by atoms with Gasteiger partial charge in [0.15, 0.2) is 0 Å². The number of methoxy groups -OCH3 is 1. The van der Waals surface area contributed by atoms with Crippen molar-refractivity contribution in [1.82, 2.24) is 15.5 Å². The summed E-state index contributed by atoms with van der Waals surface area (Å²) in [4.78, 5) is 24.7. The van der Waals surface area contributed by atoms with Gasteiger partial charge < -0.3 is 10.1 Å². The third kappa shape index (κ3) is 5.83. The van der Waals surface area contributed by atoms with Crippen LogP contribution in [-0.2, 0) is 11.3 Å². The van der Waals surface area contributed by atoms with Crippen LogP contribution in [-0.4, -0.2) is 44.1 Å². The van der Waals surface area contributed by atoms with Crippen LogP contribution in [0.3, 0.4) is 0 Å². The summed E-state index contributed by atoms with van der Waals surface area (Å²) < 4.78 is 5.21. The molecule has 3 amide bonds. The highest BCUT2D eigenvalue weighted by atomic mass is 16.5. The molecule has 21 heavy (non-hydrogen) atoms. The highest BCUT2D eigenvalue weighted by molar-refractivity contribution is 5.95. The lowest BCUT2D eigenvalue weighted by Crippen LogP contribution is -2.43. The van der Waals surface area contributed by atoms with Gasteiger partial charge in [-0.1, -0.05) is 12.1 Å². The fraction of sp³-hybridized carbons (Fsp3) is 0.467. The molecular formula is C15H23N3O3. The molecule has 0 fully saturated rings. The molecule has 0 bridgehead atoms. The highest BCUT2D eigenvalue weighted by Gasteiger charge is 2.10. The molecule has 6 heteroatoms. The molecule has 0 saturated carbocycles. The Morgan fingerprint density at radius 2 is 2.05 bits per heavy atom. The molecule has 0 aliphatic rings. The van der Waals surface area contributed by atoms with Gasteiger partial charge in [0.25, 0.3) is 0 Å². The van der Waals surface area contributed by atoms with Gasteiger partial charge in [0.2, 0.25) is 5.91 Å². The molecule has 0 heterocycles. The van der Waals surface area contributed by atoms with Gasteiger partial charge in [0, 0.05) is 13.1 Å². The minimum atomic E-state index is -0.462. The maximum absolute atomic E-state index is 11.7. The van der Waals surface area contributed by atoms with E-state index >= 15 is 0 Å². The zero-order valence-electron chi connectivity index (χ0n) is 13.0. The second-order valence-corrected chi connectivity index (χ2v) is 4.88. The Morgan fingerprint density at radius 3 is 2.62 bits per heavy atom. The number of carbonyl (C=O) groups is 2. The SMILES string of the molecule is CCNC(=O)NC(=O)CN(C)Cc1ccc(OC)c(C)c1. The van der Waals surface area contributed by atoms with E-state index in [0.29, 0.717) is 13.1 Å². The average Bonchev–Trinajstić information content (AvgIpc) is 2.38. The minimum absolute atomic E-state index is 0.155. The van der Waals surface area contributed by atoms with Crippen LogP contribution in [0.15, 0.2) is 18.2 Å². The number of rotatable bonds is 6. The van der Waals surface area contributed by atoms with E-state index in [4.69, 9.17) is 4.74 Å². The molecular weight excluding hydrogens is 270 g/mol. The van der Waals surface area contributed by atoms with Crippen molar-refractivity contribution < 1.29 is 14.3 Å². The number of hydrogen-bond donors (Lipinski definition) is 2. The van der Waals surface area contributed by atoms with E-state index in [1.807, 2.05) is 37.1 Å². The van der Waals surface area contributed by atoms with Gasteiger partial charge in [-0.15, -0.1) is 0 Å². The fourth-order valence-corrected chi connectivity index (χ4v) is 2.02. The molecule has 0 aliphatic carbocycles. The molecule has 0 unspecified atom stereocenters. The molecule has 2 N–H and O–H groups in total. The van der Waals surface area contributed by atoms with E-state index in [0.717, 1.165) is 16.9 Å². The number of ether oxygens (including phenoxy) is 1. The minimum Gasteiger partial charge on any atom is -0.496 e. The lowest BCUT2D eigenvalue weighted by molar-refractivity contribution is -0.120. The quantitative estimate of drug-likeness (QED) is 0.829. The van der Waals surface area contributed by atoms with Gasteiger partial charge in [0.1, 0.15) is 5.75 Å². The Kier molecular flexibility index (Phi) is 6.68. The number of aryl methyl sites for hydroxylation is 1. The predicted molar refractivity (Wildman–Crippen MR) is 81.3 cm³/mol. The number of amides is 3. The van der Waals surface area contributed by atoms with Gasteiger partial charge in [0.05, 0.1) is 13.7 Å². The van der Waals surface area contributed by atoms with Crippen LogP contribution in [0.5, 0.6) is 5.75 Å². The largest absolute Gasteiger partial charge is 0.496 e. The van der Waals surface area contributed by atoms with Crippen LogP contribution in [0, 0.1) is 6.92 Å². The van der Waals surface area contributed by atoms with Crippen molar-refractivity contribution >= 4 is 11.9 Å². The van der Waals surface area contributed by atoms with Gasteiger partial charge in [-0.05, 0) is 38.1 Å². The zero-order chi connectivity index (χ0) is 15.8. The molecule has 1 aromatic rings. The molecule has 1 rings (SSSR count). The summed E-state index contributed by atoms with van der Waals surface area (Å²) in [6, 6.07) is 5.44. The second-order valence-electron chi connectivity index (χ2n) is 4.88. The first-order chi connectivity index (χ1) is 9.96. The Labute approximate surface area is 125 Å². The van der Waals surface area contributed by atoms with Crippen LogP contribution in [0.4, 0.5) is 4.79 Å². The zero-order valence-corrected chi connectivity index (χ0v) is 13.0. The van der Waals surface area contributed by atoms with Crippen LogP contribution in [0.1, 0.15) is 18.1 Å². The number of nitrogens with one attached hydrogen (secondary N) is 2. The van der Waals surface area contributed by atoms with Crippen molar-refractivity contribution in [2.45, 2.75) is 20.4 Å². The molecule has 1 aromatic carbocycles. The third-order valence-electron chi connectivity index (χ3n) is 2.92. The second kappa shape index (κ2) is 8.26. The number of benzene rings is 1. The first kappa shape index (κ1) is 17.0. The molecule has 6 nitrogen and oxygen atoms in total. The van der Waals surface area contributed by atoms with Gasteiger partial charge in [-0.25, -0.2) is 4.79 Å². The van der Waals surface area contributed by atoms with Gasteiger partial charge in [-0.2, -0.15) is 0 Å². The van der Waals surface area contributed by atoms with Crippen LogP contribution < -0.4 is 15.4 Å². The maximum atomic E-state index is 11.7. The van der Waals surface area contributed by atoms with E-state index in [1.165, 1.54) is 0 Å². The van der Waals surface area contributed by atoms with Crippen LogP contribution in [0.25, 0.3) is 0 Å². The van der Waals surface area contributed by atoms with Crippen molar-refractivity contribution in [1.29, 1.82) is 0 Å². The normalized spacial score (nSPS) is 10.3. The predicted octanol–water partition coefficient (Wildman–Crippen LogP) is 1.28. The Hall–Kier alpha value is -2.08. The van der Waals surface area contributed by atoms with E-state index in [9.17, 15) is 9.59 Å². The number of hydrogen-bond acceptors (Lipinski definition) is 4. The lowest BCUT2D eigenvalue weighted by Gasteiger charge is -2.17. The number of likely N-dealkylation sites (N-methyl/N-ethyl adjacent to an activating group) is 1. The van der Waals surface area contributed by atoms with Crippen molar-refractivity contribution in [3.63, 3.8) is 0 Å². The number of carbonyl (C=O) groups excluding carboxylic acids is 2. The monoisotopic (exact) mass is 293 g/mol. The van der Waals surface area contributed by atoms with Crippen LogP contribution in [0.2, 0.25) is 0 Å². The van der Waals surface area contributed by atoms with Crippen molar-refractivity contribution in [3.8, 4) is 5.75 Å². The Morgan fingerprint density at radius 1 is 1.33 bits per heavy atom. The topological polar surface area (TPSA) is 70.7 Å². The Bertz CT molecular complexity index is 503. The van der Waals surface area contributed by atoms with Crippen molar-refractivity contribution in [3.05, 3.63) is 29.3 Å². The molecule has 0 aromatic heterocycles. The molecule has 0 aliphatic heterocycles. The summed E-state index contributed by atoms with van der Waals surface area (Å²) >= 11 is 0. The molecule has 0 saturated heterocycles. The first-order valence-electron chi connectivity index (χ1n) is 6.86. The maximum Gasteiger partial charge on any atom is 0.321 e. The summed E-state index contributed by atoms with van der Waals surface area (Å²) in [5.74, 6) is 0.518.